The quantitative estimate of drug-likeness (QED) is 0.179. The lowest BCUT2D eigenvalue weighted by Gasteiger charge is -2.17. The second-order valence-corrected chi connectivity index (χ2v) is 9.49. The summed E-state index contributed by atoms with van der Waals surface area (Å²) in [5, 5.41) is 12.7. The number of hydrogen-bond donors (Lipinski definition) is 3. The fourth-order valence-corrected chi connectivity index (χ4v) is 4.82. The van der Waals surface area contributed by atoms with Crippen molar-refractivity contribution in [3.05, 3.63) is 48.1 Å². The molecule has 1 aromatic carbocycles. The van der Waals surface area contributed by atoms with Gasteiger partial charge in [0.15, 0.2) is 0 Å². The van der Waals surface area contributed by atoms with Crippen molar-refractivity contribution >= 4 is 32.7 Å². The second kappa shape index (κ2) is 9.88. The monoisotopic (exact) mass is 498 g/mol. The van der Waals surface area contributed by atoms with Gasteiger partial charge in [-0.05, 0) is 31.0 Å². The molecule has 10 nitrogen and oxygen atoms in total. The van der Waals surface area contributed by atoms with Crippen molar-refractivity contribution in [3.8, 4) is 22.7 Å². The number of aromatic nitrogens is 2. The number of aliphatic carboxylic acids is 1. The predicted octanol–water partition coefficient (Wildman–Crippen LogP) is 3.87. The normalized spacial score (nSPS) is 12.5. The first-order valence-corrected chi connectivity index (χ1v) is 12.5. The smallest absolute Gasteiger partial charge is 0.303 e. The molecule has 0 saturated heterocycles. The Balaban J connectivity index is 1.92. The first kappa shape index (κ1) is 24.4. The molecule has 2 aliphatic rings. The molecule has 1 aliphatic carbocycles. The van der Waals surface area contributed by atoms with E-state index < -0.39 is 16.1 Å². The topological polar surface area (TPSA) is 147 Å². The summed E-state index contributed by atoms with van der Waals surface area (Å²) in [6.45, 7) is 0.603. The zero-order valence-corrected chi connectivity index (χ0v) is 20.2. The summed E-state index contributed by atoms with van der Waals surface area (Å²) in [6, 6.07) is 8.45. The lowest BCUT2D eigenvalue weighted by molar-refractivity contribution is -0.137. The molecule has 0 bridgehead atoms. The average Bonchev–Trinajstić information content (AvgIpc) is 3.28. The highest BCUT2D eigenvalue weighted by atomic mass is 32.2. The number of carbonyl (C=O) groups is 1. The fourth-order valence-electron chi connectivity index (χ4n) is 4.14. The van der Waals surface area contributed by atoms with Crippen LogP contribution in [0.2, 0.25) is 0 Å². The van der Waals surface area contributed by atoms with Crippen molar-refractivity contribution in [2.24, 2.45) is 4.99 Å². The van der Waals surface area contributed by atoms with Gasteiger partial charge in [-0.3, -0.25) is 14.3 Å². The number of aryl methyl sites for hydroxylation is 1. The number of benzene rings is 2. The van der Waals surface area contributed by atoms with Gasteiger partial charge in [-0.15, -0.1) is 0 Å². The standard InChI is InChI=1S/C24H26N4O6S/c1-25-15-7-8-16-19(12-15)34-20-14-18(26-2)21(35(31,32)33)13-17(20)23(16)24-27-9-11-28(24)10-5-3-4-6-22(29)30/h7-9,11-14,25H,3-6,10H2,1-2H3,(H,29,30)(H,31,32,33). The third kappa shape index (κ3) is 5.05. The number of unbranched alkanes of at least 4 members (excludes halogenated alkanes) is 2. The number of hydrogen-bond acceptors (Lipinski definition) is 7. The van der Waals surface area contributed by atoms with Crippen LogP contribution in [0.1, 0.15) is 25.7 Å². The molecule has 0 amide bonds. The maximum Gasteiger partial charge on any atom is 0.303 e. The summed E-state index contributed by atoms with van der Waals surface area (Å²) >= 11 is 0. The number of rotatable bonds is 9. The lowest BCUT2D eigenvalue weighted by atomic mass is 9.98. The Kier molecular flexibility index (Phi) is 6.90. The first-order chi connectivity index (χ1) is 16.7. The summed E-state index contributed by atoms with van der Waals surface area (Å²) in [6.07, 6.45) is 5.70. The van der Waals surface area contributed by atoms with Crippen molar-refractivity contribution in [2.45, 2.75) is 37.1 Å². The van der Waals surface area contributed by atoms with Gasteiger partial charge in [0.1, 0.15) is 22.1 Å². The van der Waals surface area contributed by atoms with Crippen molar-refractivity contribution in [3.63, 3.8) is 0 Å². The molecule has 1 aliphatic heterocycles. The van der Waals surface area contributed by atoms with Crippen molar-refractivity contribution in [2.75, 3.05) is 19.4 Å². The summed E-state index contributed by atoms with van der Waals surface area (Å²) < 4.78 is 42.2. The Bertz CT molecular complexity index is 1540. The van der Waals surface area contributed by atoms with Crippen molar-refractivity contribution in [1.29, 1.82) is 0 Å². The van der Waals surface area contributed by atoms with E-state index >= 15 is 0 Å². The Labute approximate surface area is 202 Å². The van der Waals surface area contributed by atoms with Crippen LogP contribution in [0.3, 0.4) is 0 Å². The summed E-state index contributed by atoms with van der Waals surface area (Å²) in [5.41, 5.74) is 2.53. The van der Waals surface area contributed by atoms with Crippen molar-refractivity contribution < 1.29 is 27.3 Å². The number of fused-ring (bicyclic) bond motifs is 2. The molecule has 0 fully saturated rings. The number of nitrogens with zero attached hydrogens (tertiary/aromatic N) is 3. The van der Waals surface area contributed by atoms with Gasteiger partial charge < -0.3 is 19.4 Å². The zero-order chi connectivity index (χ0) is 25.2. The number of anilines is 1. The number of carboxylic acid groups (broad SMARTS) is 1. The average molecular weight is 499 g/mol. The zero-order valence-electron chi connectivity index (χ0n) is 19.4. The molecule has 0 atom stereocenters. The second-order valence-electron chi connectivity index (χ2n) is 8.10. The minimum Gasteiger partial charge on any atom is -0.481 e. The molecular weight excluding hydrogens is 472 g/mol. The lowest BCUT2D eigenvalue weighted by Crippen LogP contribution is -2.16. The molecule has 2 aromatic rings. The molecule has 3 N–H and O–H groups in total. The number of carboxylic acids is 1. The van der Waals surface area contributed by atoms with Gasteiger partial charge in [0.2, 0.25) is 0 Å². The third-order valence-corrected chi connectivity index (χ3v) is 6.72. The van der Waals surface area contributed by atoms with Crippen LogP contribution >= 0.6 is 0 Å². The van der Waals surface area contributed by atoms with E-state index in [1.807, 2.05) is 29.0 Å². The van der Waals surface area contributed by atoms with E-state index in [-0.39, 0.29) is 16.7 Å². The number of imidazole rings is 1. The Morgan fingerprint density at radius 1 is 1.20 bits per heavy atom. The van der Waals surface area contributed by atoms with Crippen LogP contribution in [0.5, 0.6) is 0 Å². The van der Waals surface area contributed by atoms with E-state index in [4.69, 9.17) is 9.52 Å². The third-order valence-electron chi connectivity index (χ3n) is 5.84. The van der Waals surface area contributed by atoms with Gasteiger partial charge in [-0.25, -0.2) is 4.98 Å². The molecule has 0 unspecified atom stereocenters. The Hall–Kier alpha value is -3.70. The van der Waals surface area contributed by atoms with E-state index in [1.54, 1.807) is 13.2 Å². The summed E-state index contributed by atoms with van der Waals surface area (Å²) in [4.78, 5) is 19.0. The van der Waals surface area contributed by atoms with E-state index in [0.717, 1.165) is 23.9 Å². The molecule has 1 aromatic heterocycles. The maximum atomic E-state index is 12.1. The summed E-state index contributed by atoms with van der Waals surface area (Å²) in [7, 11) is -1.31. The van der Waals surface area contributed by atoms with E-state index in [1.165, 1.54) is 19.2 Å². The minimum absolute atomic E-state index is 0.0839. The highest BCUT2D eigenvalue weighted by Gasteiger charge is 2.24. The van der Waals surface area contributed by atoms with E-state index in [0.29, 0.717) is 41.3 Å². The molecule has 35 heavy (non-hydrogen) atoms. The molecule has 184 valence electrons. The fraction of sp³-hybridized carbons (Fsp3) is 0.292. The molecule has 4 rings (SSSR count). The van der Waals surface area contributed by atoms with Gasteiger partial charge in [0.05, 0.1) is 5.36 Å². The molecular formula is C24H26N4O6S. The van der Waals surface area contributed by atoms with Crippen LogP contribution in [-0.2, 0) is 21.5 Å². The Morgan fingerprint density at radius 3 is 2.69 bits per heavy atom. The molecule has 2 heterocycles. The predicted molar refractivity (Wildman–Crippen MR) is 131 cm³/mol. The molecule has 0 saturated carbocycles. The Morgan fingerprint density at radius 2 is 2.00 bits per heavy atom. The van der Waals surface area contributed by atoms with Crippen molar-refractivity contribution in [1.82, 2.24) is 9.55 Å². The SMILES string of the molecule is CN=c1cc2oc3cc(NC)ccc3c(-c3nccn3CCCCCC(=O)O)c-2cc1S(=O)(=O)O. The van der Waals surface area contributed by atoms with Crippen LogP contribution in [0.4, 0.5) is 5.69 Å². The van der Waals surface area contributed by atoms with Gasteiger partial charge in [0.25, 0.3) is 10.1 Å². The molecule has 0 spiro atoms. The van der Waals surface area contributed by atoms with Crippen LogP contribution in [0.15, 0.2) is 57.0 Å². The van der Waals surface area contributed by atoms with Gasteiger partial charge in [-0.2, -0.15) is 8.42 Å². The van der Waals surface area contributed by atoms with E-state index in [9.17, 15) is 17.8 Å². The summed E-state index contributed by atoms with van der Waals surface area (Å²) in [5.74, 6) is 0.187. The van der Waals surface area contributed by atoms with Gasteiger partial charge in [-0.1, -0.05) is 6.42 Å². The maximum absolute atomic E-state index is 12.1. The van der Waals surface area contributed by atoms with E-state index in [2.05, 4.69) is 15.3 Å². The van der Waals surface area contributed by atoms with Crippen LogP contribution in [0, 0.1) is 0 Å². The first-order valence-electron chi connectivity index (χ1n) is 11.1. The minimum atomic E-state index is -4.54. The molecule has 0 radical (unpaired) electrons. The van der Waals surface area contributed by atoms with Gasteiger partial charge in [0, 0.05) is 73.8 Å². The van der Waals surface area contributed by atoms with Crippen LogP contribution < -0.4 is 10.7 Å². The highest BCUT2D eigenvalue weighted by Crippen LogP contribution is 2.40. The van der Waals surface area contributed by atoms with Crippen LogP contribution in [-0.4, -0.2) is 47.7 Å². The highest BCUT2D eigenvalue weighted by molar-refractivity contribution is 7.85. The molecule has 11 heteroatoms. The number of nitrogens with one attached hydrogen (secondary N) is 1. The van der Waals surface area contributed by atoms with Crippen LogP contribution in [0.25, 0.3) is 33.7 Å². The van der Waals surface area contributed by atoms with Gasteiger partial charge >= 0.3 is 5.97 Å². The largest absolute Gasteiger partial charge is 0.481 e.